The Bertz CT molecular complexity index is 313. The lowest BCUT2D eigenvalue weighted by molar-refractivity contribution is 0.490. The second kappa shape index (κ2) is 5.69. The molecule has 4 nitrogen and oxygen atoms in total. The first-order valence-corrected chi connectivity index (χ1v) is 5.44. The highest BCUT2D eigenvalue weighted by Crippen LogP contribution is 1.94. The van der Waals surface area contributed by atoms with Gasteiger partial charge in [0, 0.05) is 6.54 Å². The second-order valence-electron chi connectivity index (χ2n) is 2.42. The summed E-state index contributed by atoms with van der Waals surface area (Å²) in [5.41, 5.74) is 6.54. The van der Waals surface area contributed by atoms with Crippen LogP contribution in [0, 0.1) is 0 Å². The van der Waals surface area contributed by atoms with Crippen molar-refractivity contribution in [3.05, 3.63) is 35.9 Å². The van der Waals surface area contributed by atoms with Gasteiger partial charge < -0.3 is 5.73 Å². The van der Waals surface area contributed by atoms with Gasteiger partial charge >= 0.3 is 0 Å². The van der Waals surface area contributed by atoms with Crippen molar-refractivity contribution >= 4 is 10.1 Å². The molecule has 0 aliphatic heterocycles. The number of benzene rings is 1. The molecule has 1 aromatic rings. The Balaban J connectivity index is 0.000000252. The van der Waals surface area contributed by atoms with E-state index in [-0.39, 0.29) is 0 Å². The zero-order chi connectivity index (χ0) is 10.3. The fourth-order valence-electron chi connectivity index (χ4n) is 0.614. The number of rotatable bonds is 1. The van der Waals surface area contributed by atoms with Gasteiger partial charge in [-0.2, -0.15) is 8.42 Å². The maximum atomic E-state index is 9.19. The Morgan fingerprint density at radius 3 is 1.92 bits per heavy atom. The van der Waals surface area contributed by atoms with Gasteiger partial charge in [-0.1, -0.05) is 30.3 Å². The molecule has 0 radical (unpaired) electrons. The molecule has 0 bridgehead atoms. The summed E-state index contributed by atoms with van der Waals surface area (Å²) in [4.78, 5) is 0. The summed E-state index contributed by atoms with van der Waals surface area (Å²) in [5.74, 6) is 0. The van der Waals surface area contributed by atoms with Gasteiger partial charge in [0.1, 0.15) is 0 Å². The van der Waals surface area contributed by atoms with Gasteiger partial charge in [0.2, 0.25) is 0 Å². The quantitative estimate of drug-likeness (QED) is 0.657. The van der Waals surface area contributed by atoms with Crippen molar-refractivity contribution < 1.29 is 13.0 Å². The zero-order valence-corrected chi connectivity index (χ0v) is 8.16. The van der Waals surface area contributed by atoms with Gasteiger partial charge in [0.15, 0.2) is 0 Å². The topological polar surface area (TPSA) is 80.4 Å². The molecule has 0 saturated carbocycles. The Kier molecular flexibility index (Phi) is 5.29. The molecule has 5 heteroatoms. The molecule has 3 N–H and O–H groups in total. The summed E-state index contributed by atoms with van der Waals surface area (Å²) in [6.45, 7) is 0.640. The third-order valence-corrected chi connectivity index (χ3v) is 1.08. The third-order valence-electron chi connectivity index (χ3n) is 1.08. The first-order chi connectivity index (χ1) is 5.93. The molecule has 0 amide bonds. The van der Waals surface area contributed by atoms with Crippen molar-refractivity contribution in [2.45, 2.75) is 6.54 Å². The van der Waals surface area contributed by atoms with Crippen LogP contribution in [0.4, 0.5) is 0 Å². The molecule has 0 unspecified atom stereocenters. The van der Waals surface area contributed by atoms with E-state index in [0.29, 0.717) is 12.8 Å². The van der Waals surface area contributed by atoms with Crippen LogP contribution in [0.3, 0.4) is 0 Å². The molecule has 13 heavy (non-hydrogen) atoms. The normalized spacial score (nSPS) is 10.1. The molecule has 0 heterocycles. The van der Waals surface area contributed by atoms with E-state index >= 15 is 0 Å². The van der Waals surface area contributed by atoms with Gasteiger partial charge in [0.25, 0.3) is 10.1 Å². The van der Waals surface area contributed by atoms with Crippen LogP contribution in [0.1, 0.15) is 5.56 Å². The predicted molar refractivity (Wildman–Crippen MR) is 51.8 cm³/mol. The zero-order valence-electron chi connectivity index (χ0n) is 7.34. The average Bonchev–Trinajstić information content (AvgIpc) is 2.03. The molecule has 0 saturated heterocycles. The van der Waals surface area contributed by atoms with Gasteiger partial charge in [-0.3, -0.25) is 4.55 Å². The van der Waals surface area contributed by atoms with E-state index < -0.39 is 10.1 Å². The summed E-state index contributed by atoms with van der Waals surface area (Å²) < 4.78 is 25.9. The molecular weight excluding hydrogens is 190 g/mol. The monoisotopic (exact) mass is 203 g/mol. The van der Waals surface area contributed by atoms with Crippen LogP contribution in [-0.4, -0.2) is 19.2 Å². The van der Waals surface area contributed by atoms with Gasteiger partial charge in [-0.25, -0.2) is 0 Å². The van der Waals surface area contributed by atoms with Crippen molar-refractivity contribution in [1.82, 2.24) is 0 Å². The minimum absolute atomic E-state index is 0.640. The Hall–Kier alpha value is -0.910. The van der Waals surface area contributed by atoms with E-state index in [2.05, 4.69) is 0 Å². The van der Waals surface area contributed by atoms with E-state index in [4.69, 9.17) is 10.3 Å². The number of nitrogens with two attached hydrogens (primary N) is 1. The van der Waals surface area contributed by atoms with Gasteiger partial charge in [-0.05, 0) is 5.56 Å². The second-order valence-corrected chi connectivity index (χ2v) is 3.89. The lowest BCUT2D eigenvalue weighted by Crippen LogP contribution is -1.94. The van der Waals surface area contributed by atoms with Crippen molar-refractivity contribution in [2.75, 3.05) is 6.26 Å². The molecule has 0 spiro atoms. The molecule has 0 aliphatic carbocycles. The van der Waals surface area contributed by atoms with E-state index in [9.17, 15) is 8.42 Å². The van der Waals surface area contributed by atoms with Crippen molar-refractivity contribution in [3.63, 3.8) is 0 Å². The van der Waals surface area contributed by atoms with Crippen LogP contribution in [-0.2, 0) is 16.7 Å². The van der Waals surface area contributed by atoms with Crippen molar-refractivity contribution in [2.24, 2.45) is 5.73 Å². The standard InChI is InChI=1S/C7H9N.CH4O3S/c8-6-7-4-2-1-3-5-7;1-5(2,3)4/h1-5H,6,8H2;1H3,(H,2,3,4). The fourth-order valence-corrected chi connectivity index (χ4v) is 0.614. The Labute approximate surface area is 78.1 Å². The summed E-state index contributed by atoms with van der Waals surface area (Å²) in [7, 11) is -3.67. The number of hydrogen-bond donors (Lipinski definition) is 2. The molecule has 0 fully saturated rings. The van der Waals surface area contributed by atoms with Gasteiger partial charge in [0.05, 0.1) is 6.26 Å². The lowest BCUT2D eigenvalue weighted by atomic mass is 10.2. The molecular formula is C8H13NO3S. The highest BCUT2D eigenvalue weighted by Gasteiger charge is 1.81. The van der Waals surface area contributed by atoms with E-state index in [1.54, 1.807) is 0 Å². The molecule has 0 atom stereocenters. The SMILES string of the molecule is CS(=O)(=O)O.NCc1ccccc1. The van der Waals surface area contributed by atoms with E-state index in [1.165, 1.54) is 5.56 Å². The molecule has 0 aliphatic rings. The smallest absolute Gasteiger partial charge is 0.261 e. The largest absolute Gasteiger partial charge is 0.326 e. The Morgan fingerprint density at radius 2 is 1.69 bits per heavy atom. The van der Waals surface area contributed by atoms with Crippen molar-refractivity contribution in [3.8, 4) is 0 Å². The minimum atomic E-state index is -3.67. The minimum Gasteiger partial charge on any atom is -0.326 e. The van der Waals surface area contributed by atoms with Crippen LogP contribution in [0.25, 0.3) is 0 Å². The molecule has 1 aromatic carbocycles. The number of hydrogen-bond acceptors (Lipinski definition) is 3. The maximum Gasteiger partial charge on any atom is 0.261 e. The molecule has 1 rings (SSSR count). The molecule has 0 aromatic heterocycles. The lowest BCUT2D eigenvalue weighted by Gasteiger charge is -1.90. The highest BCUT2D eigenvalue weighted by molar-refractivity contribution is 7.85. The predicted octanol–water partition coefficient (Wildman–Crippen LogP) is 0.649. The first kappa shape index (κ1) is 12.1. The van der Waals surface area contributed by atoms with Crippen LogP contribution < -0.4 is 5.73 Å². The summed E-state index contributed by atoms with van der Waals surface area (Å²) >= 11 is 0. The third kappa shape index (κ3) is 11.1. The summed E-state index contributed by atoms with van der Waals surface area (Å²) in [6.07, 6.45) is 0.715. The average molecular weight is 203 g/mol. The van der Waals surface area contributed by atoms with Crippen LogP contribution in [0.2, 0.25) is 0 Å². The van der Waals surface area contributed by atoms with Crippen LogP contribution in [0.5, 0.6) is 0 Å². The van der Waals surface area contributed by atoms with Gasteiger partial charge in [-0.15, -0.1) is 0 Å². The maximum absolute atomic E-state index is 9.19. The molecule has 74 valence electrons. The van der Waals surface area contributed by atoms with E-state index in [0.717, 1.165) is 0 Å². The van der Waals surface area contributed by atoms with Crippen molar-refractivity contribution in [1.29, 1.82) is 0 Å². The fraction of sp³-hybridized carbons (Fsp3) is 0.250. The summed E-state index contributed by atoms with van der Waals surface area (Å²) in [6, 6.07) is 9.99. The summed E-state index contributed by atoms with van der Waals surface area (Å²) in [5, 5.41) is 0. The van der Waals surface area contributed by atoms with Crippen LogP contribution in [0.15, 0.2) is 30.3 Å². The highest BCUT2D eigenvalue weighted by atomic mass is 32.2. The van der Waals surface area contributed by atoms with E-state index in [1.807, 2.05) is 30.3 Å². The van der Waals surface area contributed by atoms with Crippen LogP contribution >= 0.6 is 0 Å². The first-order valence-electron chi connectivity index (χ1n) is 3.60. The Morgan fingerprint density at radius 1 is 1.31 bits per heavy atom.